The first-order valence-electron chi connectivity index (χ1n) is 10.4. The number of aromatic nitrogens is 1. The van der Waals surface area contributed by atoms with Crippen molar-refractivity contribution < 1.29 is 28.4 Å². The van der Waals surface area contributed by atoms with Crippen LogP contribution in [0.25, 0.3) is 6.08 Å². The number of non-ortho nitro benzene ring substituents is 1. The van der Waals surface area contributed by atoms with E-state index in [0.717, 1.165) is 0 Å². The van der Waals surface area contributed by atoms with Crippen molar-refractivity contribution in [2.45, 2.75) is 19.4 Å². The predicted octanol–water partition coefficient (Wildman–Crippen LogP) is 2.43. The lowest BCUT2D eigenvalue weighted by Crippen LogP contribution is -2.31. The van der Waals surface area contributed by atoms with Gasteiger partial charge < -0.3 is 24.1 Å². The molecule has 2 aromatic rings. The average Bonchev–Trinajstić information content (AvgIpc) is 3.28. The van der Waals surface area contributed by atoms with Gasteiger partial charge in [0.25, 0.3) is 11.6 Å². The van der Waals surface area contributed by atoms with Gasteiger partial charge >= 0.3 is 0 Å². The van der Waals surface area contributed by atoms with Crippen LogP contribution in [0, 0.1) is 10.1 Å². The van der Waals surface area contributed by atoms with E-state index in [4.69, 9.17) is 13.9 Å². The summed E-state index contributed by atoms with van der Waals surface area (Å²) in [4.78, 5) is 40.9. The van der Waals surface area contributed by atoms with Crippen molar-refractivity contribution in [1.29, 1.82) is 0 Å². The molecule has 33 heavy (non-hydrogen) atoms. The summed E-state index contributed by atoms with van der Waals surface area (Å²) in [5, 5.41) is 13.5. The summed E-state index contributed by atoms with van der Waals surface area (Å²) in [5.41, 5.74) is 0.754. The monoisotopic (exact) mass is 460 g/mol. The van der Waals surface area contributed by atoms with Crippen LogP contribution in [0.1, 0.15) is 34.8 Å². The quantitative estimate of drug-likeness (QED) is 0.196. The molecule has 11 nitrogen and oxygen atoms in total. The molecule has 1 aromatic heterocycles. The minimum absolute atomic E-state index is 0.0258. The van der Waals surface area contributed by atoms with Crippen LogP contribution < -0.4 is 5.32 Å². The first-order chi connectivity index (χ1) is 15.9. The lowest BCUT2D eigenvalue weighted by Gasteiger charge is -2.19. The molecule has 0 fully saturated rings. The van der Waals surface area contributed by atoms with Crippen molar-refractivity contribution >= 4 is 23.6 Å². The summed E-state index contributed by atoms with van der Waals surface area (Å²) in [7, 11) is 3.17. The smallest absolute Gasteiger partial charge is 0.273 e. The summed E-state index contributed by atoms with van der Waals surface area (Å²) < 4.78 is 15.4. The molecule has 1 aromatic carbocycles. The molecule has 1 heterocycles. The molecule has 11 heteroatoms. The Bertz CT molecular complexity index is 940. The molecule has 0 aliphatic rings. The number of ether oxygens (including phenoxy) is 2. The van der Waals surface area contributed by atoms with E-state index in [0.29, 0.717) is 44.7 Å². The van der Waals surface area contributed by atoms with Gasteiger partial charge in [0.1, 0.15) is 6.26 Å². The van der Waals surface area contributed by atoms with Gasteiger partial charge in [-0.3, -0.25) is 19.7 Å². The highest BCUT2D eigenvalue weighted by Gasteiger charge is 2.17. The average molecular weight is 460 g/mol. The standard InChI is InChI=1S/C22H28N4O7/c1-31-13-3-11-23-22(28)19-16-33-20(24-19)15-25(12-4-14-32-2)21(27)10-7-17-5-8-18(9-6-17)26(29)30/h5-10,16H,3-4,11-15H2,1-2H3,(H,23,28). The Morgan fingerprint density at radius 2 is 1.88 bits per heavy atom. The maximum Gasteiger partial charge on any atom is 0.273 e. The fourth-order valence-corrected chi connectivity index (χ4v) is 2.81. The molecule has 0 bridgehead atoms. The van der Waals surface area contributed by atoms with E-state index in [1.165, 1.54) is 29.4 Å². The molecule has 0 saturated carbocycles. The molecule has 0 spiro atoms. The number of amides is 2. The highest BCUT2D eigenvalue weighted by Crippen LogP contribution is 2.14. The van der Waals surface area contributed by atoms with E-state index in [1.54, 1.807) is 32.4 Å². The number of rotatable bonds is 14. The zero-order valence-corrected chi connectivity index (χ0v) is 18.7. The Labute approximate surface area is 191 Å². The fraction of sp³-hybridized carbons (Fsp3) is 0.409. The first kappa shape index (κ1) is 25.7. The van der Waals surface area contributed by atoms with Crippen LogP contribution >= 0.6 is 0 Å². The van der Waals surface area contributed by atoms with Crippen LogP contribution in [0.2, 0.25) is 0 Å². The zero-order valence-electron chi connectivity index (χ0n) is 18.7. The van der Waals surface area contributed by atoms with Gasteiger partial charge in [0.15, 0.2) is 5.69 Å². The van der Waals surface area contributed by atoms with Crippen LogP contribution in [0.4, 0.5) is 5.69 Å². The predicted molar refractivity (Wildman–Crippen MR) is 119 cm³/mol. The zero-order chi connectivity index (χ0) is 24.1. The number of oxazole rings is 1. The maximum absolute atomic E-state index is 12.8. The summed E-state index contributed by atoms with van der Waals surface area (Å²) in [6, 6.07) is 5.86. The number of carbonyl (C=O) groups is 2. The Morgan fingerprint density at radius 1 is 1.18 bits per heavy atom. The SMILES string of the molecule is COCCCNC(=O)c1coc(CN(CCCOC)C(=O)C=Cc2ccc([N+](=O)[O-])cc2)n1. The van der Waals surface area contributed by atoms with Gasteiger partial charge in [-0.1, -0.05) is 0 Å². The van der Waals surface area contributed by atoms with E-state index < -0.39 is 4.92 Å². The largest absolute Gasteiger partial charge is 0.446 e. The maximum atomic E-state index is 12.8. The van der Waals surface area contributed by atoms with Gasteiger partial charge in [-0.15, -0.1) is 0 Å². The second-order valence-corrected chi connectivity index (χ2v) is 7.02. The van der Waals surface area contributed by atoms with Crippen molar-refractivity contribution in [2.75, 3.05) is 40.5 Å². The molecule has 0 aliphatic carbocycles. The van der Waals surface area contributed by atoms with Gasteiger partial charge in [0.2, 0.25) is 11.8 Å². The minimum Gasteiger partial charge on any atom is -0.446 e. The molecular weight excluding hydrogens is 432 g/mol. The van der Waals surface area contributed by atoms with E-state index in [-0.39, 0.29) is 35.6 Å². The van der Waals surface area contributed by atoms with Crippen LogP contribution in [0.15, 0.2) is 41.0 Å². The van der Waals surface area contributed by atoms with E-state index in [1.807, 2.05) is 0 Å². The second kappa shape index (κ2) is 13.8. The summed E-state index contributed by atoms with van der Waals surface area (Å²) in [6.45, 7) is 1.92. The molecule has 0 unspecified atom stereocenters. The van der Waals surface area contributed by atoms with Crippen molar-refractivity contribution in [2.24, 2.45) is 0 Å². The third kappa shape index (κ3) is 8.83. The molecular formula is C22H28N4O7. The lowest BCUT2D eigenvalue weighted by molar-refractivity contribution is -0.384. The van der Waals surface area contributed by atoms with Crippen molar-refractivity contribution in [1.82, 2.24) is 15.2 Å². The number of hydrogen-bond donors (Lipinski definition) is 1. The molecule has 2 amide bonds. The van der Waals surface area contributed by atoms with Crippen LogP contribution in [-0.2, 0) is 20.8 Å². The molecule has 0 saturated heterocycles. The van der Waals surface area contributed by atoms with Gasteiger partial charge in [0, 0.05) is 58.7 Å². The number of nitrogens with zero attached hydrogens (tertiary/aromatic N) is 3. The van der Waals surface area contributed by atoms with Crippen molar-refractivity contribution in [3.05, 3.63) is 63.9 Å². The summed E-state index contributed by atoms with van der Waals surface area (Å²) >= 11 is 0. The Kier molecular flexibility index (Phi) is 10.7. The highest BCUT2D eigenvalue weighted by atomic mass is 16.6. The Hall–Kier alpha value is -3.57. The van der Waals surface area contributed by atoms with E-state index >= 15 is 0 Å². The van der Waals surface area contributed by atoms with E-state index in [2.05, 4.69) is 10.3 Å². The minimum atomic E-state index is -0.485. The van der Waals surface area contributed by atoms with Crippen LogP contribution in [-0.4, -0.2) is 67.1 Å². The molecule has 0 radical (unpaired) electrons. The third-order valence-electron chi connectivity index (χ3n) is 4.53. The number of nitro benzene ring substituents is 1. The van der Waals surface area contributed by atoms with E-state index in [9.17, 15) is 19.7 Å². The van der Waals surface area contributed by atoms with Crippen LogP contribution in [0.5, 0.6) is 0 Å². The number of hydrogen-bond acceptors (Lipinski definition) is 8. The van der Waals surface area contributed by atoms with Gasteiger partial charge in [-0.2, -0.15) is 0 Å². The van der Waals surface area contributed by atoms with Crippen molar-refractivity contribution in [3.8, 4) is 0 Å². The number of nitrogens with one attached hydrogen (secondary N) is 1. The Morgan fingerprint density at radius 3 is 2.55 bits per heavy atom. The molecule has 0 aliphatic heterocycles. The fourth-order valence-electron chi connectivity index (χ4n) is 2.81. The number of methoxy groups -OCH3 is 2. The number of carbonyl (C=O) groups excluding carboxylic acids is 2. The van der Waals surface area contributed by atoms with Crippen molar-refractivity contribution in [3.63, 3.8) is 0 Å². The molecule has 1 N–H and O–H groups in total. The van der Waals surface area contributed by atoms with Gasteiger partial charge in [-0.25, -0.2) is 4.98 Å². The topological polar surface area (TPSA) is 137 Å². The summed E-state index contributed by atoms with van der Waals surface area (Å²) in [6.07, 6.45) is 5.48. The van der Waals surface area contributed by atoms with Gasteiger partial charge in [-0.05, 0) is 36.6 Å². The number of nitro groups is 1. The summed E-state index contributed by atoms with van der Waals surface area (Å²) in [5.74, 6) is -0.434. The van der Waals surface area contributed by atoms with Crippen LogP contribution in [0.3, 0.4) is 0 Å². The second-order valence-electron chi connectivity index (χ2n) is 7.02. The normalized spacial score (nSPS) is 11.0. The third-order valence-corrected chi connectivity index (χ3v) is 4.53. The molecule has 2 rings (SSSR count). The first-order valence-corrected chi connectivity index (χ1v) is 10.4. The Balaban J connectivity index is 2.01. The lowest BCUT2D eigenvalue weighted by atomic mass is 10.2. The molecule has 0 atom stereocenters. The molecule has 178 valence electrons. The van der Waals surface area contributed by atoms with Gasteiger partial charge in [0.05, 0.1) is 11.5 Å². The number of benzene rings is 1. The highest BCUT2D eigenvalue weighted by molar-refractivity contribution is 5.92.